The molecule has 0 radical (unpaired) electrons. The van der Waals surface area contributed by atoms with Gasteiger partial charge >= 0.3 is 6.09 Å². The zero-order valence-electron chi connectivity index (χ0n) is 17.6. The van der Waals surface area contributed by atoms with Crippen LogP contribution in [0, 0.1) is 12.8 Å². The monoisotopic (exact) mass is 439 g/mol. The maximum absolute atomic E-state index is 11.8. The zero-order chi connectivity index (χ0) is 21.8. The van der Waals surface area contributed by atoms with Gasteiger partial charge in [-0.25, -0.2) is 9.78 Å². The van der Waals surface area contributed by atoms with Gasteiger partial charge in [-0.2, -0.15) is 5.10 Å². The first kappa shape index (κ1) is 20.9. The van der Waals surface area contributed by atoms with E-state index in [1.807, 2.05) is 68.1 Å². The van der Waals surface area contributed by atoms with Crippen LogP contribution in [0.1, 0.15) is 25.4 Å². The Morgan fingerprint density at radius 2 is 2.13 bits per heavy atom. The van der Waals surface area contributed by atoms with Gasteiger partial charge in [0.05, 0.1) is 19.4 Å². The lowest BCUT2D eigenvalue weighted by molar-refractivity contribution is 0.147. The molecule has 3 heterocycles. The second-order valence-corrected chi connectivity index (χ2v) is 8.72. The fraction of sp³-hybridized carbons (Fsp3) is 0.286. The van der Waals surface area contributed by atoms with Gasteiger partial charge in [0, 0.05) is 34.7 Å². The van der Waals surface area contributed by atoms with E-state index >= 15 is 0 Å². The summed E-state index contributed by atoms with van der Waals surface area (Å²) in [6.07, 6.45) is 5.30. The summed E-state index contributed by atoms with van der Waals surface area (Å²) in [5.74, 6) is 2.84. The molecule has 1 aliphatic rings. The number of aryl methyl sites for hydroxylation is 1. The van der Waals surface area contributed by atoms with Crippen molar-refractivity contribution in [3.05, 3.63) is 60.4 Å². The summed E-state index contributed by atoms with van der Waals surface area (Å²) in [5, 5.41) is 13.3. The molecule has 0 saturated heterocycles. The van der Waals surface area contributed by atoms with Crippen LogP contribution >= 0.6 is 11.9 Å². The second kappa shape index (κ2) is 9.17. The number of ether oxygens (including phenoxy) is 1. The number of aromatic amines is 1. The number of nitrogens with zero attached hydrogens (tertiary/aromatic N) is 4. The molecule has 1 aliphatic heterocycles. The van der Waals surface area contributed by atoms with Gasteiger partial charge in [0.2, 0.25) is 0 Å². The summed E-state index contributed by atoms with van der Waals surface area (Å²) >= 11 is 1.58. The molecule has 3 aromatic rings. The molecular weight excluding hydrogens is 414 g/mol. The highest BCUT2D eigenvalue weighted by molar-refractivity contribution is 7.97. The van der Waals surface area contributed by atoms with Crippen molar-refractivity contribution in [2.45, 2.75) is 32.2 Å². The van der Waals surface area contributed by atoms with Gasteiger partial charge in [-0.05, 0) is 49.1 Å². The van der Waals surface area contributed by atoms with Crippen molar-refractivity contribution in [2.75, 3.05) is 17.2 Å². The number of H-pyrrole nitrogens is 1. The van der Waals surface area contributed by atoms with Crippen LogP contribution in [0.4, 0.5) is 16.3 Å². The summed E-state index contributed by atoms with van der Waals surface area (Å²) in [7, 11) is 0. The van der Waals surface area contributed by atoms with Crippen molar-refractivity contribution in [2.24, 2.45) is 5.92 Å². The Balaban J connectivity index is 1.41. The number of nitrogens with one attached hydrogen (secondary N) is 3. The Bertz CT molecular complexity index is 1070. The Hall–Kier alpha value is -3.40. The number of rotatable bonds is 7. The Labute approximate surface area is 185 Å². The van der Waals surface area contributed by atoms with E-state index in [0.717, 1.165) is 28.1 Å². The third kappa shape index (κ3) is 5.40. The smallest absolute Gasteiger partial charge is 0.411 e. The molecule has 0 aliphatic carbocycles. The third-order valence-electron chi connectivity index (χ3n) is 4.37. The molecule has 0 bridgehead atoms. The standard InChI is InChI=1S/C21H25N7O2S/c1-14(2)13-30-21(29)23-16-4-6-17(7-5-16)31-27-11-19-22-8-9-28(19)20(12-27)24-18-10-15(3)25-26-18/h4-10,12,14H,11,13H2,1-3H3,(H,23,29)(H2,24,25,26). The highest BCUT2D eigenvalue weighted by atomic mass is 32.2. The first-order valence-corrected chi connectivity index (χ1v) is 10.8. The lowest BCUT2D eigenvalue weighted by Gasteiger charge is -2.26. The van der Waals surface area contributed by atoms with Gasteiger partial charge in [0.1, 0.15) is 11.6 Å². The van der Waals surface area contributed by atoms with Crippen molar-refractivity contribution in [1.29, 1.82) is 0 Å². The van der Waals surface area contributed by atoms with Gasteiger partial charge in [0.25, 0.3) is 0 Å². The number of carbonyl (C=O) groups is 1. The van der Waals surface area contributed by atoms with E-state index in [4.69, 9.17) is 4.74 Å². The molecule has 0 atom stereocenters. The quantitative estimate of drug-likeness (QED) is 0.466. The number of anilines is 2. The van der Waals surface area contributed by atoms with Crippen LogP contribution in [-0.4, -0.2) is 36.8 Å². The molecule has 31 heavy (non-hydrogen) atoms. The lowest BCUT2D eigenvalue weighted by atomic mass is 10.2. The maximum Gasteiger partial charge on any atom is 0.411 e. The average Bonchev–Trinajstić information content (AvgIpc) is 3.37. The fourth-order valence-electron chi connectivity index (χ4n) is 2.95. The zero-order valence-corrected chi connectivity index (χ0v) is 18.4. The molecule has 3 N–H and O–H groups in total. The van der Waals surface area contributed by atoms with Crippen LogP contribution in [0.25, 0.3) is 5.82 Å². The number of fused-ring (bicyclic) bond motifs is 1. The van der Waals surface area contributed by atoms with Crippen LogP contribution in [-0.2, 0) is 11.3 Å². The molecule has 0 unspecified atom stereocenters. The Morgan fingerprint density at radius 1 is 1.32 bits per heavy atom. The van der Waals surface area contributed by atoms with E-state index < -0.39 is 6.09 Å². The normalized spacial score (nSPS) is 13.0. The summed E-state index contributed by atoms with van der Waals surface area (Å²) in [6, 6.07) is 9.59. The van der Waals surface area contributed by atoms with E-state index in [9.17, 15) is 4.79 Å². The first-order chi connectivity index (χ1) is 15.0. The average molecular weight is 440 g/mol. The molecule has 4 rings (SSSR count). The molecule has 162 valence electrons. The van der Waals surface area contributed by atoms with Gasteiger partial charge in [0.15, 0.2) is 5.82 Å². The molecular formula is C21H25N7O2S. The minimum atomic E-state index is -0.441. The number of amides is 1. The van der Waals surface area contributed by atoms with Gasteiger partial charge in [-0.1, -0.05) is 13.8 Å². The van der Waals surface area contributed by atoms with E-state index in [0.29, 0.717) is 24.8 Å². The van der Waals surface area contributed by atoms with Crippen LogP contribution in [0.2, 0.25) is 0 Å². The number of hydrogen-bond donors (Lipinski definition) is 3. The molecule has 0 spiro atoms. The third-order valence-corrected chi connectivity index (χ3v) is 5.33. The van der Waals surface area contributed by atoms with Crippen LogP contribution in [0.5, 0.6) is 0 Å². The molecule has 2 aromatic heterocycles. The number of hydrogen-bond acceptors (Lipinski definition) is 7. The highest BCUT2D eigenvalue weighted by Crippen LogP contribution is 2.30. The number of carbonyl (C=O) groups excluding carboxylic acids is 1. The van der Waals surface area contributed by atoms with Crippen LogP contribution < -0.4 is 10.6 Å². The van der Waals surface area contributed by atoms with Crippen LogP contribution in [0.15, 0.2) is 53.8 Å². The van der Waals surface area contributed by atoms with E-state index in [1.54, 1.807) is 18.1 Å². The Kier molecular flexibility index (Phi) is 6.17. The van der Waals surface area contributed by atoms with Crippen LogP contribution in [0.3, 0.4) is 0 Å². The molecule has 0 saturated carbocycles. The summed E-state index contributed by atoms with van der Waals surface area (Å²) < 4.78 is 9.26. The Morgan fingerprint density at radius 3 is 2.84 bits per heavy atom. The summed E-state index contributed by atoms with van der Waals surface area (Å²) in [4.78, 5) is 17.3. The molecule has 0 fully saturated rings. The van der Waals surface area contributed by atoms with Crippen molar-refractivity contribution < 1.29 is 9.53 Å². The number of aromatic nitrogens is 4. The maximum atomic E-state index is 11.8. The molecule has 1 aromatic carbocycles. The minimum Gasteiger partial charge on any atom is -0.449 e. The highest BCUT2D eigenvalue weighted by Gasteiger charge is 2.19. The minimum absolute atomic E-state index is 0.300. The van der Waals surface area contributed by atoms with Crippen molar-refractivity contribution in [3.63, 3.8) is 0 Å². The second-order valence-electron chi connectivity index (χ2n) is 7.60. The fourth-order valence-corrected chi connectivity index (χ4v) is 3.81. The molecule has 1 amide bonds. The van der Waals surface area contributed by atoms with Crippen molar-refractivity contribution in [3.8, 4) is 0 Å². The predicted molar refractivity (Wildman–Crippen MR) is 121 cm³/mol. The topological polar surface area (TPSA) is 100 Å². The first-order valence-electron chi connectivity index (χ1n) is 9.98. The number of benzene rings is 1. The largest absolute Gasteiger partial charge is 0.449 e. The van der Waals surface area contributed by atoms with E-state index in [2.05, 4.69) is 30.1 Å². The van der Waals surface area contributed by atoms with Gasteiger partial charge in [-0.3, -0.25) is 15.0 Å². The number of imidazole rings is 1. The SMILES string of the molecule is Cc1cc(NC2=CN(Sc3ccc(NC(=O)OCC(C)C)cc3)Cc3nccn32)n[nH]1. The summed E-state index contributed by atoms with van der Waals surface area (Å²) in [5.41, 5.74) is 1.68. The lowest BCUT2D eigenvalue weighted by Crippen LogP contribution is -2.23. The van der Waals surface area contributed by atoms with Gasteiger partial charge in [-0.15, -0.1) is 0 Å². The molecule has 9 nitrogen and oxygen atoms in total. The summed E-state index contributed by atoms with van der Waals surface area (Å²) in [6.45, 7) is 7.00. The van der Waals surface area contributed by atoms with E-state index in [-0.39, 0.29) is 0 Å². The van der Waals surface area contributed by atoms with E-state index in [1.165, 1.54) is 0 Å². The predicted octanol–water partition coefficient (Wildman–Crippen LogP) is 4.51. The van der Waals surface area contributed by atoms with Crippen molar-refractivity contribution in [1.82, 2.24) is 24.1 Å². The molecule has 10 heteroatoms. The van der Waals surface area contributed by atoms with Crippen molar-refractivity contribution >= 4 is 35.4 Å². The van der Waals surface area contributed by atoms with Gasteiger partial charge < -0.3 is 14.4 Å².